The first-order valence-electron chi connectivity index (χ1n) is 4.70. The van der Waals surface area contributed by atoms with Gasteiger partial charge in [-0.05, 0) is 12.1 Å². The van der Waals surface area contributed by atoms with Gasteiger partial charge in [-0.15, -0.1) is 5.11 Å². The standard InChI is InChI=1S/C10H11N5O/c1-15-9(11)8(10(16)14-15)13-12-7-5-3-2-4-6-7/h2-6H,11H2,1H3,(H,14,16). The Labute approximate surface area is 91.4 Å². The van der Waals surface area contributed by atoms with Crippen LogP contribution in [0.25, 0.3) is 0 Å². The molecule has 0 saturated heterocycles. The van der Waals surface area contributed by atoms with Gasteiger partial charge in [0, 0.05) is 7.05 Å². The van der Waals surface area contributed by atoms with E-state index in [4.69, 9.17) is 5.73 Å². The second kappa shape index (κ2) is 4.01. The molecule has 0 radical (unpaired) electrons. The van der Waals surface area contributed by atoms with Crippen LogP contribution in [0.2, 0.25) is 0 Å². The van der Waals surface area contributed by atoms with Crippen LogP contribution in [0.3, 0.4) is 0 Å². The molecule has 0 aliphatic heterocycles. The molecule has 16 heavy (non-hydrogen) atoms. The first kappa shape index (κ1) is 10.2. The van der Waals surface area contributed by atoms with Crippen molar-refractivity contribution in [3.8, 4) is 0 Å². The zero-order valence-electron chi connectivity index (χ0n) is 8.71. The minimum Gasteiger partial charge on any atom is -0.382 e. The maximum absolute atomic E-state index is 11.4. The number of nitrogens with one attached hydrogen (secondary N) is 1. The number of aryl methyl sites for hydroxylation is 1. The summed E-state index contributed by atoms with van der Waals surface area (Å²) >= 11 is 0. The van der Waals surface area contributed by atoms with Crippen molar-refractivity contribution in [2.45, 2.75) is 0 Å². The van der Waals surface area contributed by atoms with E-state index in [0.717, 1.165) is 0 Å². The number of nitrogens with zero attached hydrogens (tertiary/aromatic N) is 3. The van der Waals surface area contributed by atoms with Gasteiger partial charge in [0.15, 0.2) is 11.5 Å². The Morgan fingerprint density at radius 3 is 2.50 bits per heavy atom. The van der Waals surface area contributed by atoms with Crippen molar-refractivity contribution in [3.63, 3.8) is 0 Å². The molecule has 2 aromatic rings. The Morgan fingerprint density at radius 2 is 1.94 bits per heavy atom. The number of nitrogen functional groups attached to an aromatic ring is 1. The summed E-state index contributed by atoms with van der Waals surface area (Å²) in [6.07, 6.45) is 0. The summed E-state index contributed by atoms with van der Waals surface area (Å²) in [5.41, 5.74) is 6.10. The molecule has 1 aromatic heterocycles. The number of benzene rings is 1. The molecule has 0 spiro atoms. The average Bonchev–Trinajstić information content (AvgIpc) is 2.53. The minimum atomic E-state index is -0.348. The number of hydrogen-bond donors (Lipinski definition) is 2. The van der Waals surface area contributed by atoms with E-state index >= 15 is 0 Å². The summed E-state index contributed by atoms with van der Waals surface area (Å²) in [4.78, 5) is 11.4. The van der Waals surface area contributed by atoms with Gasteiger partial charge < -0.3 is 5.73 Å². The Balaban J connectivity index is 2.35. The van der Waals surface area contributed by atoms with Gasteiger partial charge in [0.2, 0.25) is 0 Å². The van der Waals surface area contributed by atoms with Gasteiger partial charge in [-0.2, -0.15) is 5.11 Å². The highest BCUT2D eigenvalue weighted by Crippen LogP contribution is 2.19. The van der Waals surface area contributed by atoms with Crippen LogP contribution in [0.5, 0.6) is 0 Å². The highest BCUT2D eigenvalue weighted by molar-refractivity contribution is 5.56. The molecule has 1 heterocycles. The normalized spacial score (nSPS) is 11.1. The SMILES string of the molecule is Cn1[nH]c(=O)c(N=Nc2ccccc2)c1N. The smallest absolute Gasteiger partial charge is 0.294 e. The van der Waals surface area contributed by atoms with Crippen molar-refractivity contribution in [2.24, 2.45) is 17.3 Å². The number of hydrogen-bond acceptors (Lipinski definition) is 4. The van der Waals surface area contributed by atoms with Crippen molar-refractivity contribution >= 4 is 17.2 Å². The largest absolute Gasteiger partial charge is 0.382 e. The molecule has 1 aromatic carbocycles. The van der Waals surface area contributed by atoms with Gasteiger partial charge in [-0.25, -0.2) is 0 Å². The fourth-order valence-corrected chi connectivity index (χ4v) is 1.24. The van der Waals surface area contributed by atoms with Crippen LogP contribution in [0.4, 0.5) is 17.2 Å². The van der Waals surface area contributed by atoms with E-state index < -0.39 is 0 Å². The van der Waals surface area contributed by atoms with Gasteiger partial charge in [0.05, 0.1) is 5.69 Å². The number of H-pyrrole nitrogens is 1. The van der Waals surface area contributed by atoms with Gasteiger partial charge >= 0.3 is 0 Å². The lowest BCUT2D eigenvalue weighted by molar-refractivity contribution is 0.767. The lowest BCUT2D eigenvalue weighted by atomic mass is 10.3. The summed E-state index contributed by atoms with van der Waals surface area (Å²) in [5, 5.41) is 10.2. The Morgan fingerprint density at radius 1 is 1.25 bits per heavy atom. The quantitative estimate of drug-likeness (QED) is 0.750. The summed E-state index contributed by atoms with van der Waals surface area (Å²) in [5.74, 6) is 0.268. The third-order valence-corrected chi connectivity index (χ3v) is 2.11. The summed E-state index contributed by atoms with van der Waals surface area (Å²) in [7, 11) is 1.64. The van der Waals surface area contributed by atoms with Crippen LogP contribution in [0.1, 0.15) is 0 Å². The molecule has 0 bridgehead atoms. The van der Waals surface area contributed by atoms with E-state index in [2.05, 4.69) is 15.3 Å². The molecule has 0 amide bonds. The van der Waals surface area contributed by atoms with Crippen molar-refractivity contribution in [1.82, 2.24) is 9.78 Å². The molecule has 6 heteroatoms. The van der Waals surface area contributed by atoms with E-state index in [-0.39, 0.29) is 17.1 Å². The van der Waals surface area contributed by atoms with E-state index in [9.17, 15) is 4.79 Å². The topological polar surface area (TPSA) is 88.5 Å². The number of aromatic amines is 1. The maximum atomic E-state index is 11.4. The molecule has 0 saturated carbocycles. The van der Waals surface area contributed by atoms with Gasteiger partial charge in [0.1, 0.15) is 0 Å². The highest BCUT2D eigenvalue weighted by atomic mass is 16.1. The fraction of sp³-hybridized carbons (Fsp3) is 0.100. The Hall–Kier alpha value is -2.37. The van der Waals surface area contributed by atoms with E-state index in [0.29, 0.717) is 5.69 Å². The number of nitrogens with two attached hydrogens (primary N) is 1. The molecule has 0 aliphatic rings. The van der Waals surface area contributed by atoms with Crippen molar-refractivity contribution < 1.29 is 0 Å². The molecule has 0 fully saturated rings. The zero-order valence-corrected chi connectivity index (χ0v) is 8.71. The molecule has 82 valence electrons. The molecule has 3 N–H and O–H groups in total. The number of anilines is 1. The van der Waals surface area contributed by atoms with Gasteiger partial charge in [-0.1, -0.05) is 18.2 Å². The number of aromatic nitrogens is 2. The van der Waals surface area contributed by atoms with E-state index in [1.807, 2.05) is 18.2 Å². The van der Waals surface area contributed by atoms with Gasteiger partial charge in [-0.3, -0.25) is 14.6 Å². The molecule has 0 aliphatic carbocycles. The van der Waals surface area contributed by atoms with Crippen LogP contribution in [0, 0.1) is 0 Å². The van der Waals surface area contributed by atoms with Crippen LogP contribution in [0.15, 0.2) is 45.4 Å². The first-order valence-corrected chi connectivity index (χ1v) is 4.70. The Kier molecular flexibility index (Phi) is 2.55. The van der Waals surface area contributed by atoms with Crippen LogP contribution < -0.4 is 11.3 Å². The molecular weight excluding hydrogens is 206 g/mol. The second-order valence-corrected chi connectivity index (χ2v) is 3.27. The molecule has 0 atom stereocenters. The summed E-state index contributed by atoms with van der Waals surface area (Å²) in [6.45, 7) is 0. The van der Waals surface area contributed by atoms with Gasteiger partial charge in [0.25, 0.3) is 5.56 Å². The summed E-state index contributed by atoms with van der Waals surface area (Å²) < 4.78 is 1.40. The summed E-state index contributed by atoms with van der Waals surface area (Å²) in [6, 6.07) is 9.14. The van der Waals surface area contributed by atoms with Crippen LogP contribution >= 0.6 is 0 Å². The lowest BCUT2D eigenvalue weighted by Gasteiger charge is -1.93. The number of rotatable bonds is 2. The molecular formula is C10H11N5O. The lowest BCUT2D eigenvalue weighted by Crippen LogP contribution is -2.01. The maximum Gasteiger partial charge on any atom is 0.294 e. The van der Waals surface area contributed by atoms with Crippen LogP contribution in [-0.4, -0.2) is 9.78 Å². The van der Waals surface area contributed by atoms with Crippen molar-refractivity contribution in [2.75, 3.05) is 5.73 Å². The predicted molar refractivity (Wildman–Crippen MR) is 61.1 cm³/mol. The Bertz CT molecular complexity index is 567. The molecule has 2 rings (SSSR count). The zero-order chi connectivity index (χ0) is 11.5. The third-order valence-electron chi connectivity index (χ3n) is 2.11. The predicted octanol–water partition coefficient (Wildman–Crippen LogP) is 1.71. The van der Waals surface area contributed by atoms with E-state index in [1.54, 1.807) is 19.2 Å². The first-order chi connectivity index (χ1) is 7.68. The second-order valence-electron chi connectivity index (χ2n) is 3.27. The minimum absolute atomic E-state index is 0.131. The average molecular weight is 217 g/mol. The van der Waals surface area contributed by atoms with E-state index in [1.165, 1.54) is 4.68 Å². The van der Waals surface area contributed by atoms with Crippen molar-refractivity contribution in [3.05, 3.63) is 40.7 Å². The number of azo groups is 1. The molecule has 6 nitrogen and oxygen atoms in total. The highest BCUT2D eigenvalue weighted by Gasteiger charge is 2.08. The third kappa shape index (κ3) is 1.85. The van der Waals surface area contributed by atoms with Crippen molar-refractivity contribution in [1.29, 1.82) is 0 Å². The monoisotopic (exact) mass is 217 g/mol. The van der Waals surface area contributed by atoms with Crippen LogP contribution in [-0.2, 0) is 7.05 Å². The molecule has 0 unspecified atom stereocenters. The fourth-order valence-electron chi connectivity index (χ4n) is 1.24.